The van der Waals surface area contributed by atoms with Gasteiger partial charge in [-0.15, -0.1) is 0 Å². The van der Waals surface area contributed by atoms with Crippen molar-refractivity contribution in [2.24, 2.45) is 15.7 Å². The Morgan fingerprint density at radius 1 is 1.36 bits per heavy atom. The predicted octanol–water partition coefficient (Wildman–Crippen LogP) is 3.69. The molecule has 0 fully saturated rings. The lowest BCUT2D eigenvalue weighted by Gasteiger charge is -2.20. The van der Waals surface area contributed by atoms with Gasteiger partial charge in [-0.25, -0.2) is 23.4 Å². The zero-order chi connectivity index (χ0) is 19.7. The zero-order valence-electron chi connectivity index (χ0n) is 14.6. The minimum atomic E-state index is -0.795. The Morgan fingerprint density at radius 3 is 3.00 bits per heavy atom. The number of ether oxygens (including phenoxy) is 1. The van der Waals surface area contributed by atoms with Crippen LogP contribution >= 0.6 is 15.9 Å². The summed E-state index contributed by atoms with van der Waals surface area (Å²) in [6.45, 7) is 0.556. The van der Waals surface area contributed by atoms with E-state index in [1.54, 1.807) is 6.20 Å². The SMILES string of the molecule is NC=NC(=Nc1ccc(F)cc1F)n1cc2c(n1)C1=CC=C(Br)CC1OCC2. The van der Waals surface area contributed by atoms with Crippen molar-refractivity contribution in [1.29, 1.82) is 0 Å². The van der Waals surface area contributed by atoms with E-state index in [1.807, 2.05) is 12.2 Å². The van der Waals surface area contributed by atoms with Crippen LogP contribution in [-0.4, -0.2) is 34.8 Å². The van der Waals surface area contributed by atoms with E-state index in [9.17, 15) is 8.78 Å². The quantitative estimate of drug-likeness (QED) is 0.534. The number of hydrogen-bond donors (Lipinski definition) is 1. The fourth-order valence-corrected chi connectivity index (χ4v) is 3.58. The molecule has 9 heteroatoms. The minimum absolute atomic E-state index is 0.0577. The highest BCUT2D eigenvalue weighted by Gasteiger charge is 2.28. The molecule has 0 amide bonds. The fraction of sp³-hybridized carbons (Fsp3) is 0.211. The zero-order valence-corrected chi connectivity index (χ0v) is 16.2. The van der Waals surface area contributed by atoms with Gasteiger partial charge in [0.05, 0.1) is 24.7 Å². The summed E-state index contributed by atoms with van der Waals surface area (Å²) in [5.41, 5.74) is 8.11. The van der Waals surface area contributed by atoms with E-state index in [4.69, 9.17) is 10.5 Å². The van der Waals surface area contributed by atoms with Gasteiger partial charge in [0.25, 0.3) is 5.96 Å². The van der Waals surface area contributed by atoms with Crippen molar-refractivity contribution in [2.45, 2.75) is 18.9 Å². The number of hydrogen-bond acceptors (Lipinski definition) is 3. The molecule has 1 unspecified atom stereocenters. The molecule has 1 aliphatic carbocycles. The van der Waals surface area contributed by atoms with Gasteiger partial charge in [0.15, 0.2) is 5.82 Å². The van der Waals surface area contributed by atoms with E-state index in [2.05, 4.69) is 31.0 Å². The van der Waals surface area contributed by atoms with Crippen LogP contribution in [0.4, 0.5) is 14.5 Å². The van der Waals surface area contributed by atoms with E-state index in [0.29, 0.717) is 13.0 Å². The van der Waals surface area contributed by atoms with Crippen LogP contribution in [0.2, 0.25) is 0 Å². The van der Waals surface area contributed by atoms with Crippen LogP contribution in [0.15, 0.2) is 51.0 Å². The van der Waals surface area contributed by atoms with E-state index < -0.39 is 11.6 Å². The minimum Gasteiger partial charge on any atom is -0.390 e. The Bertz CT molecular complexity index is 1040. The van der Waals surface area contributed by atoms with Crippen molar-refractivity contribution in [2.75, 3.05) is 6.61 Å². The molecule has 28 heavy (non-hydrogen) atoms. The summed E-state index contributed by atoms with van der Waals surface area (Å²) in [5.74, 6) is -1.40. The molecule has 0 spiro atoms. The molecule has 0 saturated heterocycles. The number of fused-ring (bicyclic) bond motifs is 3. The van der Waals surface area contributed by atoms with Crippen molar-refractivity contribution in [3.05, 3.63) is 63.9 Å². The third-order valence-electron chi connectivity index (χ3n) is 4.45. The highest BCUT2D eigenvalue weighted by molar-refractivity contribution is 9.11. The lowest BCUT2D eigenvalue weighted by atomic mass is 9.97. The molecule has 2 heterocycles. The van der Waals surface area contributed by atoms with Crippen LogP contribution in [-0.2, 0) is 11.2 Å². The third-order valence-corrected chi connectivity index (χ3v) is 5.04. The molecule has 0 radical (unpaired) electrons. The summed E-state index contributed by atoms with van der Waals surface area (Å²) in [4.78, 5) is 8.18. The van der Waals surface area contributed by atoms with Gasteiger partial charge in [0.1, 0.15) is 11.5 Å². The first-order valence-electron chi connectivity index (χ1n) is 8.60. The summed E-state index contributed by atoms with van der Waals surface area (Å²) in [5, 5.41) is 4.61. The van der Waals surface area contributed by atoms with Crippen LogP contribution in [0.1, 0.15) is 17.7 Å². The molecule has 1 aliphatic heterocycles. The van der Waals surface area contributed by atoms with Crippen molar-refractivity contribution in [3.63, 3.8) is 0 Å². The summed E-state index contributed by atoms with van der Waals surface area (Å²) < 4.78 is 35.6. The lowest BCUT2D eigenvalue weighted by molar-refractivity contribution is 0.0982. The Hall–Kier alpha value is -2.65. The van der Waals surface area contributed by atoms with Gasteiger partial charge in [-0.2, -0.15) is 5.10 Å². The van der Waals surface area contributed by atoms with Gasteiger partial charge >= 0.3 is 0 Å². The molecule has 144 valence electrons. The van der Waals surface area contributed by atoms with Crippen LogP contribution in [0.3, 0.4) is 0 Å². The maximum absolute atomic E-state index is 14.0. The van der Waals surface area contributed by atoms with E-state index in [-0.39, 0.29) is 17.8 Å². The van der Waals surface area contributed by atoms with Gasteiger partial charge in [-0.3, -0.25) is 0 Å². The second-order valence-electron chi connectivity index (χ2n) is 6.28. The molecule has 2 N–H and O–H groups in total. The molecule has 1 atom stereocenters. The van der Waals surface area contributed by atoms with Gasteiger partial charge < -0.3 is 10.5 Å². The van der Waals surface area contributed by atoms with Crippen molar-refractivity contribution in [1.82, 2.24) is 9.78 Å². The molecule has 2 aromatic rings. The predicted molar refractivity (Wildman–Crippen MR) is 107 cm³/mol. The van der Waals surface area contributed by atoms with Gasteiger partial charge in [-0.05, 0) is 23.0 Å². The fourth-order valence-electron chi connectivity index (χ4n) is 3.16. The molecular weight excluding hydrogens is 432 g/mol. The first-order chi connectivity index (χ1) is 13.5. The van der Waals surface area contributed by atoms with Crippen molar-refractivity contribution >= 4 is 39.5 Å². The Balaban J connectivity index is 1.78. The molecule has 4 rings (SSSR count). The smallest absolute Gasteiger partial charge is 0.252 e. The highest BCUT2D eigenvalue weighted by Crippen LogP contribution is 2.35. The number of nitrogens with zero attached hydrogens (tertiary/aromatic N) is 4. The molecule has 0 saturated carbocycles. The maximum atomic E-state index is 14.0. The normalized spacial score (nSPS) is 19.7. The molecule has 0 bridgehead atoms. The Morgan fingerprint density at radius 2 is 2.21 bits per heavy atom. The van der Waals surface area contributed by atoms with Crippen LogP contribution in [0, 0.1) is 11.6 Å². The highest BCUT2D eigenvalue weighted by atomic mass is 79.9. The number of nitrogens with two attached hydrogens (primary N) is 1. The maximum Gasteiger partial charge on any atom is 0.252 e. The first kappa shape index (κ1) is 18.7. The summed E-state index contributed by atoms with van der Waals surface area (Å²) >= 11 is 3.51. The monoisotopic (exact) mass is 447 g/mol. The number of halogens is 3. The molecule has 1 aromatic carbocycles. The lowest BCUT2D eigenvalue weighted by Crippen LogP contribution is -2.18. The Labute approximate surface area is 168 Å². The van der Waals surface area contributed by atoms with Crippen LogP contribution < -0.4 is 5.73 Å². The van der Waals surface area contributed by atoms with E-state index in [0.717, 1.165) is 46.2 Å². The first-order valence-corrected chi connectivity index (χ1v) is 9.39. The number of aromatic nitrogens is 2. The summed E-state index contributed by atoms with van der Waals surface area (Å²) in [6, 6.07) is 3.13. The van der Waals surface area contributed by atoms with Crippen LogP contribution in [0.25, 0.3) is 5.57 Å². The van der Waals surface area contributed by atoms with Gasteiger partial charge in [-0.1, -0.05) is 28.1 Å². The number of benzene rings is 1. The third kappa shape index (κ3) is 3.67. The standard InChI is InChI=1S/C19H16BrF2N5O/c20-12-1-3-14-17(7-12)28-6-5-11-9-27(26-18(11)14)19(24-10-23)25-16-4-2-13(21)8-15(16)22/h1-4,8-10,17H,5-7H2,(H2,23,24,25). The average Bonchev–Trinajstić information content (AvgIpc) is 3.00. The van der Waals surface area contributed by atoms with E-state index >= 15 is 0 Å². The topological polar surface area (TPSA) is 77.8 Å². The van der Waals surface area contributed by atoms with Gasteiger partial charge in [0, 0.05) is 29.8 Å². The summed E-state index contributed by atoms with van der Waals surface area (Å²) in [7, 11) is 0. The number of aliphatic imine (C=N–C) groups is 2. The van der Waals surface area contributed by atoms with Crippen LogP contribution in [0.5, 0.6) is 0 Å². The molecule has 6 nitrogen and oxygen atoms in total. The number of rotatable bonds is 1. The Kier molecular flexibility index (Phi) is 5.19. The molecule has 1 aromatic heterocycles. The van der Waals surface area contributed by atoms with Gasteiger partial charge in [0.2, 0.25) is 0 Å². The van der Waals surface area contributed by atoms with Crippen molar-refractivity contribution in [3.8, 4) is 0 Å². The molecular formula is C19H16BrF2N5O. The largest absolute Gasteiger partial charge is 0.390 e. The number of allylic oxidation sites excluding steroid dienone is 2. The second kappa shape index (κ2) is 7.76. The summed E-state index contributed by atoms with van der Waals surface area (Å²) in [6.07, 6.45) is 8.11. The van der Waals surface area contributed by atoms with E-state index in [1.165, 1.54) is 10.7 Å². The average molecular weight is 448 g/mol. The second-order valence-corrected chi connectivity index (χ2v) is 7.30. The van der Waals surface area contributed by atoms with Crippen molar-refractivity contribution < 1.29 is 13.5 Å². The molecule has 2 aliphatic rings.